The van der Waals surface area contributed by atoms with Crippen LogP contribution in [0.3, 0.4) is 0 Å². The van der Waals surface area contributed by atoms with Crippen molar-refractivity contribution in [1.82, 2.24) is 0 Å². The van der Waals surface area contributed by atoms with Gasteiger partial charge in [-0.1, -0.05) is 28.4 Å². The molecule has 0 aliphatic rings. The second kappa shape index (κ2) is 7.70. The highest BCUT2D eigenvalue weighted by Gasteiger charge is 2.24. The number of rotatable bonds is 8. The maximum atomic E-state index is 14.0. The lowest BCUT2D eigenvalue weighted by Gasteiger charge is -2.08. The molecule has 0 saturated carbocycles. The van der Waals surface area contributed by atoms with Crippen molar-refractivity contribution in [3.05, 3.63) is 40.6 Å². The Morgan fingerprint density at radius 2 is 2.00 bits per heavy atom. The van der Waals surface area contributed by atoms with E-state index in [0.717, 1.165) is 25.0 Å². The molecule has 0 amide bonds. The van der Waals surface area contributed by atoms with Gasteiger partial charge in [-0.15, -0.1) is 6.58 Å². The van der Waals surface area contributed by atoms with Gasteiger partial charge in [-0.05, 0) is 31.4 Å². The van der Waals surface area contributed by atoms with Crippen LogP contribution in [0.4, 0.5) is 4.39 Å². The first kappa shape index (κ1) is 17.8. The molecule has 116 valence electrons. The van der Waals surface area contributed by atoms with Crippen molar-refractivity contribution in [3.8, 4) is 0 Å². The normalized spacial score (nSPS) is 11.3. The van der Waals surface area contributed by atoms with Crippen LogP contribution in [0.5, 0.6) is 0 Å². The van der Waals surface area contributed by atoms with Crippen molar-refractivity contribution < 1.29 is 22.7 Å². The predicted molar refractivity (Wildman–Crippen MR) is 81.8 cm³/mol. The second-order valence-corrected chi connectivity index (χ2v) is 7.52. The standard InChI is InChI=1S/C14H16BrFO4S/c1-2-3-4-5-6-7-21(19,20)12-9-10(15)8-11(13(12)16)14(17)18/h2,8-9H,1,3-7H2,(H,17,18). The van der Waals surface area contributed by atoms with Gasteiger partial charge in [0.15, 0.2) is 15.7 Å². The number of hydrogen-bond donors (Lipinski definition) is 1. The number of benzene rings is 1. The molecular formula is C14H16BrFO4S. The molecule has 21 heavy (non-hydrogen) atoms. The quantitative estimate of drug-likeness (QED) is 0.551. The number of carboxylic acid groups (broad SMARTS) is 1. The van der Waals surface area contributed by atoms with Crippen molar-refractivity contribution in [3.63, 3.8) is 0 Å². The molecule has 0 bridgehead atoms. The summed E-state index contributed by atoms with van der Waals surface area (Å²) in [5.41, 5.74) is -0.658. The third-order valence-electron chi connectivity index (χ3n) is 2.89. The monoisotopic (exact) mass is 378 g/mol. The van der Waals surface area contributed by atoms with E-state index in [1.54, 1.807) is 6.08 Å². The number of hydrogen-bond acceptors (Lipinski definition) is 3. The van der Waals surface area contributed by atoms with Crippen LogP contribution in [0.1, 0.15) is 36.0 Å². The van der Waals surface area contributed by atoms with Crippen LogP contribution in [0.25, 0.3) is 0 Å². The van der Waals surface area contributed by atoms with Gasteiger partial charge in [0.05, 0.1) is 11.3 Å². The van der Waals surface area contributed by atoms with E-state index in [-0.39, 0.29) is 10.2 Å². The molecule has 0 saturated heterocycles. The molecule has 0 spiro atoms. The average molecular weight is 379 g/mol. The minimum Gasteiger partial charge on any atom is -0.478 e. The Balaban J connectivity index is 2.98. The van der Waals surface area contributed by atoms with Gasteiger partial charge < -0.3 is 5.11 Å². The highest BCUT2D eigenvalue weighted by Crippen LogP contribution is 2.25. The van der Waals surface area contributed by atoms with Gasteiger partial charge >= 0.3 is 5.97 Å². The molecule has 1 aromatic carbocycles. The fourth-order valence-electron chi connectivity index (χ4n) is 1.81. The van der Waals surface area contributed by atoms with Crippen molar-refractivity contribution in [2.24, 2.45) is 0 Å². The molecule has 0 unspecified atom stereocenters. The molecule has 0 fully saturated rings. The average Bonchev–Trinajstić information content (AvgIpc) is 2.40. The lowest BCUT2D eigenvalue weighted by Crippen LogP contribution is -2.12. The molecule has 7 heteroatoms. The Morgan fingerprint density at radius 3 is 2.57 bits per heavy atom. The van der Waals surface area contributed by atoms with Gasteiger partial charge in [0, 0.05) is 4.47 Å². The van der Waals surface area contributed by atoms with Crippen LogP contribution in [0, 0.1) is 5.82 Å². The Labute approximate surface area is 131 Å². The number of sulfone groups is 1. The third-order valence-corrected chi connectivity index (χ3v) is 5.14. The lowest BCUT2D eigenvalue weighted by molar-refractivity contribution is 0.0691. The van der Waals surface area contributed by atoms with E-state index >= 15 is 0 Å². The van der Waals surface area contributed by atoms with E-state index in [0.29, 0.717) is 12.8 Å². The van der Waals surface area contributed by atoms with E-state index in [1.165, 1.54) is 0 Å². The summed E-state index contributed by atoms with van der Waals surface area (Å²) in [5, 5.41) is 8.89. The molecule has 0 aliphatic heterocycles. The Bertz CT molecular complexity index is 641. The van der Waals surface area contributed by atoms with Gasteiger partial charge in [0.2, 0.25) is 0 Å². The largest absolute Gasteiger partial charge is 0.478 e. The molecule has 0 atom stereocenters. The number of allylic oxidation sites excluding steroid dienone is 1. The summed E-state index contributed by atoms with van der Waals surface area (Å²) in [6.07, 6.45) is 4.45. The van der Waals surface area contributed by atoms with Crippen LogP contribution >= 0.6 is 15.9 Å². The molecule has 4 nitrogen and oxygen atoms in total. The second-order valence-electron chi connectivity index (χ2n) is 4.53. The fourth-order valence-corrected chi connectivity index (χ4v) is 3.92. The summed E-state index contributed by atoms with van der Waals surface area (Å²) in [4.78, 5) is 10.3. The lowest BCUT2D eigenvalue weighted by atomic mass is 10.2. The first-order chi connectivity index (χ1) is 9.79. The predicted octanol–water partition coefficient (Wildman–Crippen LogP) is 3.81. The first-order valence-electron chi connectivity index (χ1n) is 6.35. The van der Waals surface area contributed by atoms with Crippen molar-refractivity contribution in [1.29, 1.82) is 0 Å². The van der Waals surface area contributed by atoms with Gasteiger partial charge in [0.25, 0.3) is 0 Å². The smallest absolute Gasteiger partial charge is 0.338 e. The summed E-state index contributed by atoms with van der Waals surface area (Å²) < 4.78 is 38.5. The molecular weight excluding hydrogens is 363 g/mol. The topological polar surface area (TPSA) is 71.4 Å². The number of aromatic carboxylic acids is 1. The van der Waals surface area contributed by atoms with Crippen molar-refractivity contribution >= 4 is 31.7 Å². The highest BCUT2D eigenvalue weighted by molar-refractivity contribution is 9.10. The summed E-state index contributed by atoms with van der Waals surface area (Å²) >= 11 is 3.00. The van der Waals surface area contributed by atoms with E-state index in [1.807, 2.05) is 0 Å². The van der Waals surface area contributed by atoms with Crippen LogP contribution in [0.2, 0.25) is 0 Å². The Hall–Kier alpha value is -1.21. The fraction of sp³-hybridized carbons (Fsp3) is 0.357. The van der Waals surface area contributed by atoms with Gasteiger partial charge in [-0.3, -0.25) is 0 Å². The van der Waals surface area contributed by atoms with Crippen LogP contribution in [-0.4, -0.2) is 25.2 Å². The number of halogens is 2. The minimum atomic E-state index is -3.85. The van der Waals surface area contributed by atoms with Gasteiger partial charge in [-0.25, -0.2) is 17.6 Å². The van der Waals surface area contributed by atoms with Crippen LogP contribution in [-0.2, 0) is 9.84 Å². The summed E-state index contributed by atoms with van der Waals surface area (Å²) in [5.74, 6) is -2.93. The maximum absolute atomic E-state index is 14.0. The molecule has 1 aromatic rings. The minimum absolute atomic E-state index is 0.212. The molecule has 1 rings (SSSR count). The van der Waals surface area contributed by atoms with Crippen molar-refractivity contribution in [2.45, 2.75) is 30.6 Å². The Kier molecular flexibility index (Phi) is 6.54. The molecule has 1 N–H and O–H groups in total. The van der Waals surface area contributed by atoms with Crippen LogP contribution in [0.15, 0.2) is 34.2 Å². The van der Waals surface area contributed by atoms with E-state index < -0.39 is 32.1 Å². The number of unbranched alkanes of at least 4 members (excludes halogenated alkanes) is 3. The molecule has 0 radical (unpaired) electrons. The molecule has 0 aromatic heterocycles. The summed E-state index contributed by atoms with van der Waals surface area (Å²) in [6, 6.07) is 2.14. The third kappa shape index (κ3) is 4.93. The van der Waals surface area contributed by atoms with Crippen molar-refractivity contribution in [2.75, 3.05) is 5.75 Å². The van der Waals surface area contributed by atoms with E-state index in [2.05, 4.69) is 22.5 Å². The van der Waals surface area contributed by atoms with Crippen LogP contribution < -0.4 is 0 Å². The van der Waals surface area contributed by atoms with E-state index in [9.17, 15) is 17.6 Å². The highest BCUT2D eigenvalue weighted by atomic mass is 79.9. The van der Waals surface area contributed by atoms with E-state index in [4.69, 9.17) is 5.11 Å². The number of carboxylic acids is 1. The van der Waals surface area contributed by atoms with Gasteiger partial charge in [0.1, 0.15) is 4.90 Å². The SMILES string of the molecule is C=CCCCCCS(=O)(=O)c1cc(Br)cc(C(=O)O)c1F. The summed E-state index contributed by atoms with van der Waals surface area (Å²) in [6.45, 7) is 3.57. The van der Waals surface area contributed by atoms with Gasteiger partial charge in [-0.2, -0.15) is 0 Å². The first-order valence-corrected chi connectivity index (χ1v) is 8.80. The summed E-state index contributed by atoms with van der Waals surface area (Å²) in [7, 11) is -3.85. The zero-order chi connectivity index (χ0) is 16.0. The maximum Gasteiger partial charge on any atom is 0.338 e. The Morgan fingerprint density at radius 1 is 1.33 bits per heavy atom. The zero-order valence-electron chi connectivity index (χ0n) is 11.3. The molecule has 0 aliphatic carbocycles. The molecule has 0 heterocycles. The zero-order valence-corrected chi connectivity index (χ0v) is 13.7. The number of carbonyl (C=O) groups is 1.